The molecule has 2 aromatic carbocycles. The summed E-state index contributed by atoms with van der Waals surface area (Å²) in [6.07, 6.45) is 2.69. The fourth-order valence-corrected chi connectivity index (χ4v) is 3.71. The van der Waals surface area contributed by atoms with Crippen LogP contribution in [0.15, 0.2) is 59.6 Å². The zero-order chi connectivity index (χ0) is 20.3. The van der Waals surface area contributed by atoms with E-state index in [2.05, 4.69) is 87.1 Å². The molecule has 1 aliphatic rings. The van der Waals surface area contributed by atoms with Gasteiger partial charge in [0.1, 0.15) is 0 Å². The maximum atomic E-state index is 4.34. The van der Waals surface area contributed by atoms with Crippen molar-refractivity contribution in [3.8, 4) is 0 Å². The highest BCUT2D eigenvalue weighted by molar-refractivity contribution is 14.0. The van der Waals surface area contributed by atoms with Crippen LogP contribution in [0.1, 0.15) is 29.5 Å². The Kier molecular flexibility index (Phi) is 11.2. The highest BCUT2D eigenvalue weighted by Gasteiger charge is 2.11. The summed E-state index contributed by atoms with van der Waals surface area (Å²) in [6.45, 7) is 7.12. The van der Waals surface area contributed by atoms with Crippen molar-refractivity contribution in [3.63, 3.8) is 0 Å². The Morgan fingerprint density at radius 1 is 0.933 bits per heavy atom. The van der Waals surface area contributed by atoms with E-state index in [1.54, 1.807) is 0 Å². The van der Waals surface area contributed by atoms with Gasteiger partial charge < -0.3 is 15.5 Å². The summed E-state index contributed by atoms with van der Waals surface area (Å²) >= 11 is 0. The van der Waals surface area contributed by atoms with Crippen LogP contribution in [0.4, 0.5) is 0 Å². The molecule has 6 heteroatoms. The number of hydrogen-bond donors (Lipinski definition) is 2. The quantitative estimate of drug-likeness (QED) is 0.300. The van der Waals surface area contributed by atoms with Gasteiger partial charge in [-0.15, -0.1) is 24.0 Å². The van der Waals surface area contributed by atoms with E-state index < -0.39 is 0 Å². The third-order valence-corrected chi connectivity index (χ3v) is 5.39. The van der Waals surface area contributed by atoms with Crippen LogP contribution in [0, 0.1) is 0 Å². The molecule has 0 bridgehead atoms. The number of benzene rings is 2. The second kappa shape index (κ2) is 13.6. The molecule has 0 unspecified atom stereocenters. The van der Waals surface area contributed by atoms with Crippen LogP contribution in [0.2, 0.25) is 0 Å². The van der Waals surface area contributed by atoms with Crippen molar-refractivity contribution in [2.45, 2.75) is 32.5 Å². The lowest BCUT2D eigenvalue weighted by atomic mass is 10.1. The molecule has 2 N–H and O–H groups in total. The Morgan fingerprint density at radius 3 is 2.27 bits per heavy atom. The minimum absolute atomic E-state index is 0. The molecule has 0 amide bonds. The van der Waals surface area contributed by atoms with Crippen molar-refractivity contribution in [1.82, 2.24) is 20.4 Å². The summed E-state index contributed by atoms with van der Waals surface area (Å²) in [7, 11) is 3.97. The molecular formula is C24H36IN5. The maximum absolute atomic E-state index is 4.34. The van der Waals surface area contributed by atoms with Crippen molar-refractivity contribution in [1.29, 1.82) is 0 Å². The van der Waals surface area contributed by atoms with Gasteiger partial charge >= 0.3 is 0 Å². The number of likely N-dealkylation sites (tertiary alicyclic amines) is 1. The third-order valence-electron chi connectivity index (χ3n) is 5.39. The first-order valence-corrected chi connectivity index (χ1v) is 10.7. The van der Waals surface area contributed by atoms with Gasteiger partial charge in [-0.25, -0.2) is 0 Å². The Labute approximate surface area is 199 Å². The zero-order valence-electron chi connectivity index (χ0n) is 18.3. The number of nitrogens with zero attached hydrogens (tertiary/aromatic N) is 3. The first-order valence-electron chi connectivity index (χ1n) is 10.7. The van der Waals surface area contributed by atoms with E-state index in [0.29, 0.717) is 0 Å². The van der Waals surface area contributed by atoms with Crippen LogP contribution in [-0.2, 0) is 19.6 Å². The van der Waals surface area contributed by atoms with E-state index in [1.165, 1.54) is 42.6 Å². The standard InChI is InChI=1S/C24H35N5.HI/c1-25-24(26-14-17-28(2)19-22-8-4-3-5-9-22)27-18-21-10-12-23(13-11-21)20-29-15-6-7-16-29;/h3-5,8-13H,6-7,14-20H2,1-2H3,(H2,25,26,27);1H. The Balaban J connectivity index is 0.00000320. The lowest BCUT2D eigenvalue weighted by molar-refractivity contribution is 0.331. The van der Waals surface area contributed by atoms with Crippen molar-refractivity contribution < 1.29 is 0 Å². The minimum atomic E-state index is 0. The van der Waals surface area contributed by atoms with Crippen molar-refractivity contribution in [2.75, 3.05) is 40.3 Å². The van der Waals surface area contributed by atoms with Crippen LogP contribution >= 0.6 is 24.0 Å². The third kappa shape index (κ3) is 8.62. The molecule has 5 nitrogen and oxygen atoms in total. The van der Waals surface area contributed by atoms with Gasteiger partial charge in [0, 0.05) is 39.8 Å². The number of guanidine groups is 1. The lowest BCUT2D eigenvalue weighted by Gasteiger charge is -2.18. The molecule has 0 saturated carbocycles. The molecule has 0 aliphatic carbocycles. The number of aliphatic imine (C=N–C) groups is 1. The molecule has 0 aromatic heterocycles. The summed E-state index contributed by atoms with van der Waals surface area (Å²) in [5.74, 6) is 0.847. The molecule has 164 valence electrons. The Hall–Kier alpha value is -1.64. The number of likely N-dealkylation sites (N-methyl/N-ethyl adjacent to an activating group) is 1. The summed E-state index contributed by atoms with van der Waals surface area (Å²) in [6, 6.07) is 19.5. The highest BCUT2D eigenvalue weighted by Crippen LogP contribution is 2.13. The molecule has 0 spiro atoms. The van der Waals surface area contributed by atoms with Gasteiger partial charge in [-0.1, -0.05) is 54.6 Å². The highest BCUT2D eigenvalue weighted by atomic mass is 127. The monoisotopic (exact) mass is 521 g/mol. The minimum Gasteiger partial charge on any atom is -0.355 e. The van der Waals surface area contributed by atoms with Gasteiger partial charge in [-0.05, 0) is 49.7 Å². The molecule has 0 radical (unpaired) electrons. The fourth-order valence-electron chi connectivity index (χ4n) is 3.71. The molecule has 0 atom stereocenters. The second-order valence-electron chi connectivity index (χ2n) is 7.88. The Bertz CT molecular complexity index is 742. The summed E-state index contributed by atoms with van der Waals surface area (Å²) in [4.78, 5) is 9.19. The normalized spacial score (nSPS) is 14.6. The Morgan fingerprint density at radius 2 is 1.60 bits per heavy atom. The van der Waals surface area contributed by atoms with Crippen LogP contribution in [0.25, 0.3) is 0 Å². The first kappa shape index (κ1) is 24.6. The molecular weight excluding hydrogens is 485 g/mol. The number of rotatable bonds is 9. The zero-order valence-corrected chi connectivity index (χ0v) is 20.6. The SMILES string of the molecule is CN=C(NCCN(C)Cc1ccccc1)NCc1ccc(CN2CCCC2)cc1.I. The molecule has 1 aliphatic heterocycles. The molecule has 2 aromatic rings. The van der Waals surface area contributed by atoms with Crippen LogP contribution in [0.3, 0.4) is 0 Å². The topological polar surface area (TPSA) is 42.9 Å². The fraction of sp³-hybridized carbons (Fsp3) is 0.458. The van der Waals surface area contributed by atoms with Gasteiger partial charge in [-0.2, -0.15) is 0 Å². The predicted molar refractivity (Wildman–Crippen MR) is 137 cm³/mol. The van der Waals surface area contributed by atoms with Gasteiger partial charge in [-0.3, -0.25) is 9.89 Å². The molecule has 3 rings (SSSR count). The summed E-state index contributed by atoms with van der Waals surface area (Å²) in [5, 5.41) is 6.82. The van der Waals surface area contributed by atoms with Crippen molar-refractivity contribution >= 4 is 29.9 Å². The average Bonchev–Trinajstić information content (AvgIpc) is 3.25. The molecule has 1 fully saturated rings. The van der Waals surface area contributed by atoms with E-state index in [0.717, 1.165) is 38.7 Å². The van der Waals surface area contributed by atoms with Gasteiger partial charge in [0.15, 0.2) is 5.96 Å². The lowest BCUT2D eigenvalue weighted by Crippen LogP contribution is -2.40. The van der Waals surface area contributed by atoms with Crippen molar-refractivity contribution in [2.24, 2.45) is 4.99 Å². The number of hydrogen-bond acceptors (Lipinski definition) is 3. The largest absolute Gasteiger partial charge is 0.355 e. The van der Waals surface area contributed by atoms with Gasteiger partial charge in [0.05, 0.1) is 0 Å². The predicted octanol–water partition coefficient (Wildman–Crippen LogP) is 3.70. The second-order valence-corrected chi connectivity index (χ2v) is 7.88. The summed E-state index contributed by atoms with van der Waals surface area (Å²) < 4.78 is 0. The van der Waals surface area contributed by atoms with Crippen LogP contribution in [-0.4, -0.2) is 56.0 Å². The smallest absolute Gasteiger partial charge is 0.191 e. The van der Waals surface area contributed by atoms with Gasteiger partial charge in [0.2, 0.25) is 0 Å². The summed E-state index contributed by atoms with van der Waals surface area (Å²) in [5.41, 5.74) is 4.02. The average molecular weight is 521 g/mol. The van der Waals surface area contributed by atoms with E-state index in [4.69, 9.17) is 0 Å². The van der Waals surface area contributed by atoms with E-state index in [1.807, 2.05) is 7.05 Å². The van der Waals surface area contributed by atoms with Crippen molar-refractivity contribution in [3.05, 3.63) is 71.3 Å². The van der Waals surface area contributed by atoms with E-state index in [9.17, 15) is 0 Å². The van der Waals surface area contributed by atoms with Crippen LogP contribution in [0.5, 0.6) is 0 Å². The van der Waals surface area contributed by atoms with E-state index in [-0.39, 0.29) is 24.0 Å². The maximum Gasteiger partial charge on any atom is 0.191 e. The van der Waals surface area contributed by atoms with Gasteiger partial charge in [0.25, 0.3) is 0 Å². The van der Waals surface area contributed by atoms with E-state index >= 15 is 0 Å². The number of nitrogens with one attached hydrogen (secondary N) is 2. The molecule has 1 saturated heterocycles. The molecule has 1 heterocycles. The number of halogens is 1. The molecule has 30 heavy (non-hydrogen) atoms. The van der Waals surface area contributed by atoms with Crippen LogP contribution < -0.4 is 10.6 Å². The first-order chi connectivity index (χ1) is 14.2.